The Morgan fingerprint density at radius 2 is 1.42 bits per heavy atom. The monoisotopic (exact) mass is 380 g/mol. The van der Waals surface area contributed by atoms with Crippen LogP contribution in [-0.4, -0.2) is 0 Å². The molecule has 0 atom stereocenters. The van der Waals surface area contributed by atoms with E-state index in [0.29, 0.717) is 15.6 Å². The highest BCUT2D eigenvalue weighted by Gasteiger charge is 2.10. The van der Waals surface area contributed by atoms with Gasteiger partial charge in [0.05, 0.1) is 3.57 Å². The first-order valence-corrected chi connectivity index (χ1v) is 8.37. The van der Waals surface area contributed by atoms with Crippen LogP contribution in [0, 0.1) is 15.2 Å². The van der Waals surface area contributed by atoms with E-state index in [1.165, 1.54) is 38.5 Å². The van der Waals surface area contributed by atoms with E-state index in [4.69, 9.17) is 0 Å². The van der Waals surface area contributed by atoms with Crippen molar-refractivity contribution in [3.8, 4) is 0 Å². The van der Waals surface area contributed by atoms with Crippen molar-refractivity contribution in [1.82, 2.24) is 0 Å². The Bertz CT molecular complexity index is 377. The van der Waals surface area contributed by atoms with Crippen molar-refractivity contribution in [3.63, 3.8) is 0 Å². The van der Waals surface area contributed by atoms with E-state index in [0.717, 1.165) is 12.8 Å². The topological polar surface area (TPSA) is 0 Å². The van der Waals surface area contributed by atoms with Crippen molar-refractivity contribution in [3.05, 3.63) is 32.9 Å². The molecule has 0 unspecified atom stereocenters. The second-order valence-electron chi connectivity index (χ2n) is 5.06. The first-order chi connectivity index (χ1) is 9.16. The number of aryl methyl sites for hydroxylation is 1. The second kappa shape index (κ2) is 9.67. The fourth-order valence-corrected chi connectivity index (χ4v) is 2.62. The van der Waals surface area contributed by atoms with Gasteiger partial charge in [0.15, 0.2) is 11.6 Å². The van der Waals surface area contributed by atoms with E-state index in [1.54, 1.807) is 12.1 Å². The molecular weight excluding hydrogens is 357 g/mol. The lowest BCUT2D eigenvalue weighted by Crippen LogP contribution is -1.97. The average Bonchev–Trinajstić information content (AvgIpc) is 2.41. The molecule has 0 N–H and O–H groups in total. The Morgan fingerprint density at radius 3 is 2.05 bits per heavy atom. The van der Waals surface area contributed by atoms with E-state index in [9.17, 15) is 8.78 Å². The Kier molecular flexibility index (Phi) is 8.58. The fourth-order valence-electron chi connectivity index (χ4n) is 2.21. The van der Waals surface area contributed by atoms with Gasteiger partial charge in [0, 0.05) is 0 Å². The van der Waals surface area contributed by atoms with Gasteiger partial charge in [0.1, 0.15) is 0 Å². The lowest BCUT2D eigenvalue weighted by atomic mass is 10.0. The zero-order chi connectivity index (χ0) is 14.1. The first-order valence-electron chi connectivity index (χ1n) is 7.29. The van der Waals surface area contributed by atoms with Crippen molar-refractivity contribution in [1.29, 1.82) is 0 Å². The molecular formula is C16H23F2I. The lowest BCUT2D eigenvalue weighted by Gasteiger charge is -2.05. The molecule has 1 aromatic rings. The quantitative estimate of drug-likeness (QED) is 0.270. The van der Waals surface area contributed by atoms with Crippen LogP contribution in [0.4, 0.5) is 8.78 Å². The number of hydrogen-bond donors (Lipinski definition) is 0. The Labute approximate surface area is 129 Å². The molecule has 0 radical (unpaired) electrons. The molecule has 108 valence electrons. The molecule has 0 aliphatic rings. The molecule has 0 saturated heterocycles. The van der Waals surface area contributed by atoms with E-state index in [-0.39, 0.29) is 0 Å². The van der Waals surface area contributed by atoms with Crippen LogP contribution in [0.15, 0.2) is 12.1 Å². The van der Waals surface area contributed by atoms with Crippen LogP contribution in [0.2, 0.25) is 0 Å². The Morgan fingerprint density at radius 1 is 0.842 bits per heavy atom. The molecule has 0 heterocycles. The molecule has 1 aromatic carbocycles. The minimum absolute atomic E-state index is 0.356. The summed E-state index contributed by atoms with van der Waals surface area (Å²) < 4.78 is 27.3. The molecule has 0 saturated carbocycles. The fraction of sp³-hybridized carbons (Fsp3) is 0.625. The predicted molar refractivity (Wildman–Crippen MR) is 85.4 cm³/mol. The lowest BCUT2D eigenvalue weighted by molar-refractivity contribution is 0.490. The number of halogens is 3. The normalized spacial score (nSPS) is 10.9. The number of unbranched alkanes of at least 4 members (excludes halogenated alkanes) is 7. The van der Waals surface area contributed by atoms with Crippen LogP contribution in [-0.2, 0) is 6.42 Å². The summed E-state index contributed by atoms with van der Waals surface area (Å²) in [7, 11) is 0. The van der Waals surface area contributed by atoms with Crippen LogP contribution < -0.4 is 0 Å². The van der Waals surface area contributed by atoms with E-state index in [2.05, 4.69) is 6.92 Å². The highest BCUT2D eigenvalue weighted by atomic mass is 127. The molecule has 0 aliphatic heterocycles. The van der Waals surface area contributed by atoms with E-state index in [1.807, 2.05) is 22.6 Å². The molecule has 0 aliphatic carbocycles. The van der Waals surface area contributed by atoms with Gasteiger partial charge in [-0.15, -0.1) is 0 Å². The summed E-state index contributed by atoms with van der Waals surface area (Å²) in [5, 5.41) is 0. The van der Waals surface area contributed by atoms with Crippen molar-refractivity contribution in [2.75, 3.05) is 0 Å². The van der Waals surface area contributed by atoms with Crippen LogP contribution in [0.25, 0.3) is 0 Å². The third-order valence-corrected chi connectivity index (χ3v) is 4.25. The summed E-state index contributed by atoms with van der Waals surface area (Å²) in [5.41, 5.74) is 0.517. The highest BCUT2D eigenvalue weighted by Crippen LogP contribution is 2.20. The Hall–Kier alpha value is -0.190. The van der Waals surface area contributed by atoms with Gasteiger partial charge in [-0.2, -0.15) is 0 Å². The molecule has 0 amide bonds. The first kappa shape index (κ1) is 16.9. The number of rotatable bonds is 9. The maximum Gasteiger partial charge on any atom is 0.172 e. The maximum absolute atomic E-state index is 13.6. The Balaban J connectivity index is 2.18. The summed E-state index contributed by atoms with van der Waals surface area (Å²) in [6.45, 7) is 2.22. The van der Waals surface area contributed by atoms with Crippen molar-refractivity contribution in [2.45, 2.75) is 64.7 Å². The van der Waals surface area contributed by atoms with Gasteiger partial charge in [0.25, 0.3) is 0 Å². The van der Waals surface area contributed by atoms with Gasteiger partial charge in [-0.1, -0.05) is 57.9 Å². The zero-order valence-corrected chi connectivity index (χ0v) is 13.8. The summed E-state index contributed by atoms with van der Waals surface area (Å²) in [5.74, 6) is -1.35. The smallest absolute Gasteiger partial charge is 0.172 e. The molecule has 0 nitrogen and oxygen atoms in total. The standard InChI is InChI=1S/C16H23F2I/c1-2-3-4-5-6-7-8-9-10-13-11-12-14(19)16(18)15(13)17/h11-12H,2-10H2,1H3. The van der Waals surface area contributed by atoms with Crippen LogP contribution in [0.5, 0.6) is 0 Å². The predicted octanol–water partition coefficient (Wildman–Crippen LogP) is 6.25. The van der Waals surface area contributed by atoms with Gasteiger partial charge < -0.3 is 0 Å². The van der Waals surface area contributed by atoms with Gasteiger partial charge in [0.2, 0.25) is 0 Å². The minimum Gasteiger partial charge on any atom is -0.203 e. The SMILES string of the molecule is CCCCCCCCCCc1ccc(I)c(F)c1F. The summed E-state index contributed by atoms with van der Waals surface area (Å²) in [6.07, 6.45) is 10.4. The third-order valence-electron chi connectivity index (χ3n) is 3.41. The number of hydrogen-bond acceptors (Lipinski definition) is 0. The largest absolute Gasteiger partial charge is 0.203 e. The zero-order valence-electron chi connectivity index (χ0n) is 11.7. The average molecular weight is 380 g/mol. The van der Waals surface area contributed by atoms with Gasteiger partial charge in [-0.3, -0.25) is 0 Å². The molecule has 3 heteroatoms. The molecule has 1 rings (SSSR count). The summed E-state index contributed by atoms with van der Waals surface area (Å²) in [4.78, 5) is 0. The van der Waals surface area contributed by atoms with Crippen molar-refractivity contribution < 1.29 is 8.78 Å². The van der Waals surface area contributed by atoms with Crippen LogP contribution >= 0.6 is 22.6 Å². The minimum atomic E-state index is -0.697. The molecule has 0 fully saturated rings. The molecule has 0 spiro atoms. The summed E-state index contributed by atoms with van der Waals surface area (Å²) >= 11 is 1.82. The highest BCUT2D eigenvalue weighted by molar-refractivity contribution is 14.1. The second-order valence-corrected chi connectivity index (χ2v) is 6.22. The molecule has 0 aromatic heterocycles. The van der Waals surface area contributed by atoms with Crippen LogP contribution in [0.1, 0.15) is 63.9 Å². The van der Waals surface area contributed by atoms with Crippen molar-refractivity contribution >= 4 is 22.6 Å². The maximum atomic E-state index is 13.6. The molecule has 19 heavy (non-hydrogen) atoms. The third kappa shape index (κ3) is 6.19. The van der Waals surface area contributed by atoms with Gasteiger partial charge >= 0.3 is 0 Å². The summed E-state index contributed by atoms with van der Waals surface area (Å²) in [6, 6.07) is 3.36. The van der Waals surface area contributed by atoms with Crippen molar-refractivity contribution in [2.24, 2.45) is 0 Å². The van der Waals surface area contributed by atoms with Crippen LogP contribution in [0.3, 0.4) is 0 Å². The van der Waals surface area contributed by atoms with E-state index >= 15 is 0 Å². The van der Waals surface area contributed by atoms with Gasteiger partial charge in [-0.05, 0) is 47.1 Å². The van der Waals surface area contributed by atoms with Gasteiger partial charge in [-0.25, -0.2) is 8.78 Å². The van der Waals surface area contributed by atoms with E-state index < -0.39 is 11.6 Å². The number of benzene rings is 1. The molecule has 0 bridgehead atoms.